The summed E-state index contributed by atoms with van der Waals surface area (Å²) in [7, 11) is -2.13. The SMILES string of the molecule is CCn1cc(NS(=O)(=O)c2cn(C)nc2N)cn1. The average molecular weight is 270 g/mol. The molecule has 18 heavy (non-hydrogen) atoms. The molecule has 0 saturated heterocycles. The van der Waals surface area contributed by atoms with E-state index >= 15 is 0 Å². The zero-order valence-electron chi connectivity index (χ0n) is 10.0. The van der Waals surface area contributed by atoms with Gasteiger partial charge in [-0.15, -0.1) is 0 Å². The van der Waals surface area contributed by atoms with Crippen LogP contribution in [-0.4, -0.2) is 28.0 Å². The highest BCUT2D eigenvalue weighted by molar-refractivity contribution is 7.92. The molecule has 0 amide bonds. The lowest BCUT2D eigenvalue weighted by molar-refractivity contribution is 0.601. The minimum absolute atomic E-state index is 0.0344. The van der Waals surface area contributed by atoms with Crippen LogP contribution in [0.4, 0.5) is 11.5 Å². The van der Waals surface area contributed by atoms with Crippen LogP contribution < -0.4 is 10.5 Å². The minimum atomic E-state index is -3.73. The van der Waals surface area contributed by atoms with Gasteiger partial charge in [0.05, 0.1) is 11.9 Å². The van der Waals surface area contributed by atoms with Crippen molar-refractivity contribution in [2.24, 2.45) is 7.05 Å². The van der Waals surface area contributed by atoms with Gasteiger partial charge in [0.15, 0.2) is 5.82 Å². The van der Waals surface area contributed by atoms with E-state index in [1.807, 2.05) is 6.92 Å². The maximum absolute atomic E-state index is 12.1. The van der Waals surface area contributed by atoms with Crippen molar-refractivity contribution < 1.29 is 8.42 Å². The maximum atomic E-state index is 12.1. The highest BCUT2D eigenvalue weighted by Crippen LogP contribution is 2.19. The van der Waals surface area contributed by atoms with E-state index in [4.69, 9.17) is 5.73 Å². The van der Waals surface area contributed by atoms with Gasteiger partial charge in [0.1, 0.15) is 4.90 Å². The molecule has 98 valence electrons. The largest absolute Gasteiger partial charge is 0.381 e. The molecule has 0 aliphatic carbocycles. The second-order valence-electron chi connectivity index (χ2n) is 3.74. The van der Waals surface area contributed by atoms with Gasteiger partial charge >= 0.3 is 0 Å². The maximum Gasteiger partial charge on any atom is 0.267 e. The van der Waals surface area contributed by atoms with Crippen LogP contribution in [-0.2, 0) is 23.6 Å². The number of aryl methyl sites for hydroxylation is 2. The molecule has 2 aromatic heterocycles. The zero-order valence-corrected chi connectivity index (χ0v) is 10.8. The van der Waals surface area contributed by atoms with Crippen LogP contribution in [0, 0.1) is 0 Å². The fraction of sp³-hybridized carbons (Fsp3) is 0.333. The standard InChI is InChI=1S/C9H14N6O2S/c1-3-15-5-7(4-11-15)13-18(16,17)8-6-14(2)12-9(8)10/h4-6,13H,3H2,1-2H3,(H2,10,12). The van der Waals surface area contributed by atoms with Crippen LogP contribution in [0.1, 0.15) is 6.92 Å². The van der Waals surface area contributed by atoms with Gasteiger partial charge in [0, 0.05) is 26.0 Å². The first-order valence-corrected chi connectivity index (χ1v) is 6.75. The van der Waals surface area contributed by atoms with Crippen molar-refractivity contribution in [2.45, 2.75) is 18.4 Å². The molecule has 2 aromatic rings. The van der Waals surface area contributed by atoms with E-state index < -0.39 is 10.0 Å². The molecule has 0 unspecified atom stereocenters. The topological polar surface area (TPSA) is 108 Å². The van der Waals surface area contributed by atoms with E-state index in [1.54, 1.807) is 17.9 Å². The van der Waals surface area contributed by atoms with Crippen molar-refractivity contribution in [1.29, 1.82) is 0 Å². The Morgan fingerprint density at radius 3 is 2.67 bits per heavy atom. The van der Waals surface area contributed by atoms with E-state index in [1.165, 1.54) is 17.1 Å². The third kappa shape index (κ3) is 2.30. The number of nitrogens with one attached hydrogen (secondary N) is 1. The average Bonchev–Trinajstić information content (AvgIpc) is 2.84. The fourth-order valence-electron chi connectivity index (χ4n) is 1.49. The molecule has 0 fully saturated rings. The zero-order chi connectivity index (χ0) is 13.3. The van der Waals surface area contributed by atoms with Gasteiger partial charge in [-0.2, -0.15) is 10.2 Å². The third-order valence-corrected chi connectivity index (χ3v) is 3.72. The van der Waals surface area contributed by atoms with Gasteiger partial charge in [-0.05, 0) is 6.92 Å². The van der Waals surface area contributed by atoms with Gasteiger partial charge in [0.25, 0.3) is 10.0 Å². The first-order chi connectivity index (χ1) is 8.42. The van der Waals surface area contributed by atoms with E-state index in [0.29, 0.717) is 12.2 Å². The van der Waals surface area contributed by atoms with Crippen LogP contribution in [0.2, 0.25) is 0 Å². The molecule has 0 radical (unpaired) electrons. The molecule has 0 aliphatic rings. The summed E-state index contributed by atoms with van der Waals surface area (Å²) >= 11 is 0. The lowest BCUT2D eigenvalue weighted by Crippen LogP contribution is -2.13. The Hall–Kier alpha value is -2.03. The molecule has 0 saturated carbocycles. The predicted molar refractivity (Wildman–Crippen MR) is 66.3 cm³/mol. The van der Waals surface area contributed by atoms with Gasteiger partial charge in [-0.1, -0.05) is 0 Å². The highest BCUT2D eigenvalue weighted by atomic mass is 32.2. The summed E-state index contributed by atoms with van der Waals surface area (Å²) in [5, 5.41) is 7.77. The number of hydrogen-bond donors (Lipinski definition) is 2. The number of nitrogens with zero attached hydrogens (tertiary/aromatic N) is 4. The number of rotatable bonds is 4. The lowest BCUT2D eigenvalue weighted by atomic mass is 10.6. The molecule has 2 rings (SSSR count). The Labute approximate surface area is 104 Å². The smallest absolute Gasteiger partial charge is 0.267 e. The molecular weight excluding hydrogens is 256 g/mol. The quantitative estimate of drug-likeness (QED) is 0.814. The lowest BCUT2D eigenvalue weighted by Gasteiger charge is -2.03. The summed E-state index contributed by atoms with van der Waals surface area (Å²) in [5.74, 6) is -0.0344. The van der Waals surface area contributed by atoms with Gasteiger partial charge in [0.2, 0.25) is 0 Å². The summed E-state index contributed by atoms with van der Waals surface area (Å²) in [6.07, 6.45) is 4.39. The first kappa shape index (κ1) is 12.4. The monoisotopic (exact) mass is 270 g/mol. The van der Waals surface area contributed by atoms with Crippen molar-refractivity contribution in [1.82, 2.24) is 19.6 Å². The number of nitrogen functional groups attached to an aromatic ring is 1. The molecule has 0 aliphatic heterocycles. The van der Waals surface area contributed by atoms with Crippen LogP contribution in [0.3, 0.4) is 0 Å². The van der Waals surface area contributed by atoms with Crippen LogP contribution >= 0.6 is 0 Å². The second-order valence-corrected chi connectivity index (χ2v) is 5.39. The number of hydrogen-bond acceptors (Lipinski definition) is 5. The molecule has 0 atom stereocenters. The summed E-state index contributed by atoms with van der Waals surface area (Å²) < 4.78 is 29.5. The van der Waals surface area contributed by atoms with Gasteiger partial charge in [-0.3, -0.25) is 14.1 Å². The predicted octanol–water partition coefficient (Wildman–Crippen LogP) is 0.0195. The van der Waals surface area contributed by atoms with Crippen molar-refractivity contribution in [3.05, 3.63) is 18.6 Å². The van der Waals surface area contributed by atoms with E-state index in [2.05, 4.69) is 14.9 Å². The summed E-state index contributed by atoms with van der Waals surface area (Å²) in [6.45, 7) is 2.57. The van der Waals surface area contributed by atoms with E-state index in [9.17, 15) is 8.42 Å². The number of nitrogens with two attached hydrogens (primary N) is 1. The summed E-state index contributed by atoms with van der Waals surface area (Å²) in [6, 6.07) is 0. The van der Waals surface area contributed by atoms with Crippen molar-refractivity contribution in [3.63, 3.8) is 0 Å². The second kappa shape index (κ2) is 4.33. The fourth-order valence-corrected chi connectivity index (χ4v) is 2.62. The number of anilines is 2. The summed E-state index contributed by atoms with van der Waals surface area (Å²) in [4.78, 5) is -0.0470. The van der Waals surface area contributed by atoms with E-state index in [-0.39, 0.29) is 10.7 Å². The Balaban J connectivity index is 2.29. The highest BCUT2D eigenvalue weighted by Gasteiger charge is 2.21. The number of sulfonamides is 1. The van der Waals surface area contributed by atoms with Crippen LogP contribution in [0.15, 0.2) is 23.5 Å². The molecule has 9 heteroatoms. The Morgan fingerprint density at radius 1 is 1.44 bits per heavy atom. The molecule has 3 N–H and O–H groups in total. The molecule has 0 spiro atoms. The molecular formula is C9H14N6O2S. The Bertz CT molecular complexity index is 656. The minimum Gasteiger partial charge on any atom is -0.381 e. The van der Waals surface area contributed by atoms with E-state index in [0.717, 1.165) is 0 Å². The van der Waals surface area contributed by atoms with Crippen LogP contribution in [0.5, 0.6) is 0 Å². The van der Waals surface area contributed by atoms with Crippen molar-refractivity contribution >= 4 is 21.5 Å². The normalized spacial score (nSPS) is 11.7. The molecule has 0 bridgehead atoms. The number of aromatic nitrogens is 4. The molecule has 8 nitrogen and oxygen atoms in total. The molecule has 2 heterocycles. The molecule has 0 aromatic carbocycles. The van der Waals surface area contributed by atoms with Crippen molar-refractivity contribution in [2.75, 3.05) is 10.5 Å². The summed E-state index contributed by atoms with van der Waals surface area (Å²) in [5.41, 5.74) is 5.93. The Morgan fingerprint density at radius 2 is 2.17 bits per heavy atom. The first-order valence-electron chi connectivity index (χ1n) is 5.27. The Kier molecular flexibility index (Phi) is 2.99. The van der Waals surface area contributed by atoms with Crippen molar-refractivity contribution in [3.8, 4) is 0 Å². The van der Waals surface area contributed by atoms with Gasteiger partial charge in [-0.25, -0.2) is 8.42 Å². The third-order valence-electron chi connectivity index (χ3n) is 2.32. The van der Waals surface area contributed by atoms with Crippen LogP contribution in [0.25, 0.3) is 0 Å². The van der Waals surface area contributed by atoms with Gasteiger partial charge < -0.3 is 5.73 Å².